The predicted molar refractivity (Wildman–Crippen MR) is 104 cm³/mol. The van der Waals surface area contributed by atoms with E-state index in [1.165, 1.54) is 12.8 Å². The number of pyridine rings is 2. The summed E-state index contributed by atoms with van der Waals surface area (Å²) in [5, 5.41) is 7.27. The van der Waals surface area contributed by atoms with Crippen molar-refractivity contribution in [1.29, 1.82) is 0 Å². The number of hydrogen-bond donors (Lipinski definition) is 1. The van der Waals surface area contributed by atoms with Gasteiger partial charge in [-0.3, -0.25) is 4.79 Å². The summed E-state index contributed by atoms with van der Waals surface area (Å²) in [6.07, 6.45) is 5.68. The van der Waals surface area contributed by atoms with Crippen LogP contribution in [0.4, 0.5) is 11.5 Å². The van der Waals surface area contributed by atoms with Gasteiger partial charge in [-0.05, 0) is 57.0 Å². The molecular formula is C20H22N6O. The lowest BCUT2D eigenvalue weighted by Crippen LogP contribution is -2.19. The second-order valence-corrected chi connectivity index (χ2v) is 6.80. The summed E-state index contributed by atoms with van der Waals surface area (Å²) in [7, 11) is 0. The third-order valence-corrected chi connectivity index (χ3v) is 4.67. The number of carbonyl (C=O) groups excluding carboxylic acids is 1. The highest BCUT2D eigenvalue weighted by atomic mass is 16.1. The van der Waals surface area contributed by atoms with E-state index in [-0.39, 0.29) is 5.91 Å². The fourth-order valence-corrected chi connectivity index (χ4v) is 3.30. The van der Waals surface area contributed by atoms with Crippen molar-refractivity contribution in [3.05, 3.63) is 59.7 Å². The van der Waals surface area contributed by atoms with Crippen LogP contribution in [0.3, 0.4) is 0 Å². The van der Waals surface area contributed by atoms with Gasteiger partial charge in [-0.1, -0.05) is 0 Å². The van der Waals surface area contributed by atoms with Crippen LogP contribution in [0.2, 0.25) is 0 Å². The van der Waals surface area contributed by atoms with E-state index in [4.69, 9.17) is 0 Å². The van der Waals surface area contributed by atoms with Gasteiger partial charge in [-0.2, -0.15) is 5.10 Å². The van der Waals surface area contributed by atoms with Gasteiger partial charge in [0.05, 0.1) is 23.1 Å². The molecule has 0 bridgehead atoms. The highest BCUT2D eigenvalue weighted by Crippen LogP contribution is 2.19. The van der Waals surface area contributed by atoms with Crippen molar-refractivity contribution in [1.82, 2.24) is 19.7 Å². The number of amides is 1. The minimum atomic E-state index is -0.210. The molecule has 1 aliphatic rings. The minimum Gasteiger partial charge on any atom is -0.357 e. The number of nitrogens with zero attached hydrogens (tertiary/aromatic N) is 5. The average molecular weight is 362 g/mol. The van der Waals surface area contributed by atoms with Crippen LogP contribution in [-0.4, -0.2) is 38.7 Å². The molecule has 27 heavy (non-hydrogen) atoms. The molecular weight excluding hydrogens is 340 g/mol. The van der Waals surface area contributed by atoms with Crippen molar-refractivity contribution >= 4 is 17.4 Å². The summed E-state index contributed by atoms with van der Waals surface area (Å²) in [5.41, 5.74) is 3.09. The summed E-state index contributed by atoms with van der Waals surface area (Å²) >= 11 is 0. The summed E-state index contributed by atoms with van der Waals surface area (Å²) in [6, 6.07) is 9.37. The highest BCUT2D eigenvalue weighted by Gasteiger charge is 2.14. The normalized spacial score (nSPS) is 13.8. The van der Waals surface area contributed by atoms with Crippen molar-refractivity contribution in [2.24, 2.45) is 0 Å². The van der Waals surface area contributed by atoms with Crippen molar-refractivity contribution in [2.45, 2.75) is 26.7 Å². The average Bonchev–Trinajstić information content (AvgIpc) is 3.32. The maximum absolute atomic E-state index is 12.5. The topological polar surface area (TPSA) is 75.9 Å². The molecule has 0 aliphatic carbocycles. The lowest BCUT2D eigenvalue weighted by molar-refractivity contribution is 0.102. The Kier molecular flexibility index (Phi) is 4.58. The van der Waals surface area contributed by atoms with Crippen molar-refractivity contribution in [2.75, 3.05) is 23.3 Å². The number of nitrogens with one attached hydrogen (secondary N) is 1. The quantitative estimate of drug-likeness (QED) is 0.772. The van der Waals surface area contributed by atoms with Crippen LogP contribution in [0.15, 0.2) is 42.7 Å². The number of aryl methyl sites for hydroxylation is 2. The molecule has 0 spiro atoms. The largest absolute Gasteiger partial charge is 0.357 e. The first kappa shape index (κ1) is 17.2. The van der Waals surface area contributed by atoms with Gasteiger partial charge < -0.3 is 10.2 Å². The van der Waals surface area contributed by atoms with E-state index in [0.717, 1.165) is 30.3 Å². The second kappa shape index (κ2) is 7.19. The van der Waals surface area contributed by atoms with E-state index in [1.54, 1.807) is 29.2 Å². The maximum atomic E-state index is 12.5. The third-order valence-electron chi connectivity index (χ3n) is 4.67. The van der Waals surface area contributed by atoms with Gasteiger partial charge in [-0.25, -0.2) is 14.6 Å². The van der Waals surface area contributed by atoms with E-state index in [2.05, 4.69) is 25.3 Å². The second-order valence-electron chi connectivity index (χ2n) is 6.80. The molecule has 4 heterocycles. The first-order chi connectivity index (χ1) is 13.1. The molecule has 1 N–H and O–H groups in total. The molecule has 1 aliphatic heterocycles. The van der Waals surface area contributed by atoms with Crippen LogP contribution >= 0.6 is 0 Å². The van der Waals surface area contributed by atoms with Gasteiger partial charge in [-0.15, -0.1) is 0 Å². The zero-order valence-corrected chi connectivity index (χ0v) is 15.5. The van der Waals surface area contributed by atoms with Gasteiger partial charge in [0, 0.05) is 25.0 Å². The standard InChI is InChI=1S/C20H22N6O/c1-14-11-15(2)26(24-14)19-7-5-16(12-21-19)20(27)23-17-6-8-18(22-13-17)25-9-3-4-10-25/h5-8,11-13H,3-4,9-10H2,1-2H3,(H,23,27). The Morgan fingerprint density at radius 2 is 1.74 bits per heavy atom. The van der Waals surface area contributed by atoms with Gasteiger partial charge in [0.15, 0.2) is 5.82 Å². The summed E-state index contributed by atoms with van der Waals surface area (Å²) < 4.78 is 1.76. The molecule has 0 radical (unpaired) electrons. The molecule has 1 amide bonds. The monoisotopic (exact) mass is 362 g/mol. The molecule has 7 heteroatoms. The van der Waals surface area contributed by atoms with E-state index >= 15 is 0 Å². The Balaban J connectivity index is 1.44. The zero-order valence-electron chi connectivity index (χ0n) is 15.5. The predicted octanol–water partition coefficient (Wildman–Crippen LogP) is 3.13. The van der Waals surface area contributed by atoms with E-state index in [9.17, 15) is 4.79 Å². The molecule has 1 fully saturated rings. The van der Waals surface area contributed by atoms with Gasteiger partial charge in [0.1, 0.15) is 5.82 Å². The van der Waals surface area contributed by atoms with E-state index < -0.39 is 0 Å². The van der Waals surface area contributed by atoms with Crippen LogP contribution in [0.5, 0.6) is 0 Å². The van der Waals surface area contributed by atoms with Crippen LogP contribution in [0.25, 0.3) is 5.82 Å². The first-order valence-corrected chi connectivity index (χ1v) is 9.12. The number of carbonyl (C=O) groups is 1. The molecule has 0 aromatic carbocycles. The molecule has 138 valence electrons. The first-order valence-electron chi connectivity index (χ1n) is 9.12. The number of aromatic nitrogens is 4. The Morgan fingerprint density at radius 3 is 2.33 bits per heavy atom. The van der Waals surface area contributed by atoms with Crippen LogP contribution in [-0.2, 0) is 0 Å². The Bertz CT molecular complexity index is 940. The molecule has 0 saturated carbocycles. The summed E-state index contributed by atoms with van der Waals surface area (Å²) in [6.45, 7) is 6.01. The number of anilines is 2. The molecule has 3 aromatic rings. The third kappa shape index (κ3) is 3.67. The number of rotatable bonds is 4. The van der Waals surface area contributed by atoms with E-state index in [1.807, 2.05) is 32.0 Å². The van der Waals surface area contributed by atoms with Crippen molar-refractivity contribution in [3.63, 3.8) is 0 Å². The lowest BCUT2D eigenvalue weighted by atomic mass is 10.2. The van der Waals surface area contributed by atoms with Gasteiger partial charge in [0.2, 0.25) is 0 Å². The molecule has 1 saturated heterocycles. The molecule has 0 unspecified atom stereocenters. The molecule has 7 nitrogen and oxygen atoms in total. The summed E-state index contributed by atoms with van der Waals surface area (Å²) in [5.74, 6) is 1.44. The van der Waals surface area contributed by atoms with Crippen LogP contribution < -0.4 is 10.2 Å². The van der Waals surface area contributed by atoms with Gasteiger partial charge in [0.25, 0.3) is 5.91 Å². The smallest absolute Gasteiger partial charge is 0.257 e. The Labute approximate surface area is 158 Å². The minimum absolute atomic E-state index is 0.210. The lowest BCUT2D eigenvalue weighted by Gasteiger charge is -2.16. The van der Waals surface area contributed by atoms with Crippen molar-refractivity contribution in [3.8, 4) is 5.82 Å². The summed E-state index contributed by atoms with van der Waals surface area (Å²) in [4.78, 5) is 23.5. The maximum Gasteiger partial charge on any atom is 0.257 e. The van der Waals surface area contributed by atoms with Gasteiger partial charge >= 0.3 is 0 Å². The molecule has 4 rings (SSSR count). The van der Waals surface area contributed by atoms with Crippen LogP contribution in [0.1, 0.15) is 34.6 Å². The number of hydrogen-bond acceptors (Lipinski definition) is 5. The zero-order chi connectivity index (χ0) is 18.8. The molecule has 0 atom stereocenters. The SMILES string of the molecule is Cc1cc(C)n(-c2ccc(C(=O)Nc3ccc(N4CCCC4)nc3)cn2)n1. The van der Waals surface area contributed by atoms with E-state index in [0.29, 0.717) is 17.1 Å². The van der Waals surface area contributed by atoms with Crippen molar-refractivity contribution < 1.29 is 4.79 Å². The van der Waals surface area contributed by atoms with Crippen LogP contribution in [0, 0.1) is 13.8 Å². The molecule has 3 aromatic heterocycles. The fraction of sp³-hybridized carbons (Fsp3) is 0.300. The fourth-order valence-electron chi connectivity index (χ4n) is 3.30. The highest BCUT2D eigenvalue weighted by molar-refractivity contribution is 6.04. The Hall–Kier alpha value is -3.22. The Morgan fingerprint density at radius 1 is 1.00 bits per heavy atom.